The molecule has 0 spiro atoms. The summed E-state index contributed by atoms with van der Waals surface area (Å²) in [5, 5.41) is 0. The van der Waals surface area contributed by atoms with Crippen LogP contribution in [0, 0.1) is 0 Å². The van der Waals surface area contributed by atoms with Crippen LogP contribution in [0.5, 0.6) is 0 Å². The molecule has 0 aromatic rings. The lowest BCUT2D eigenvalue weighted by molar-refractivity contribution is -0.139. The van der Waals surface area contributed by atoms with Crippen LogP contribution in [0.2, 0.25) is 0 Å². The Hall–Kier alpha value is -0.790. The lowest BCUT2D eigenvalue weighted by Gasteiger charge is -2.01. The average molecular weight is 224 g/mol. The van der Waals surface area contributed by atoms with Crippen LogP contribution in [0.1, 0.15) is 64.7 Å². The minimum Gasteiger partial charge on any atom is -0.458 e. The molecule has 0 bridgehead atoms. The third-order valence-corrected chi connectivity index (χ3v) is 2.99. The molecule has 1 saturated heterocycles. The van der Waals surface area contributed by atoms with Crippen molar-refractivity contribution in [3.63, 3.8) is 0 Å². The summed E-state index contributed by atoms with van der Waals surface area (Å²) >= 11 is 0. The van der Waals surface area contributed by atoms with Gasteiger partial charge in [0.1, 0.15) is 6.10 Å². The van der Waals surface area contributed by atoms with Gasteiger partial charge in [0.25, 0.3) is 0 Å². The van der Waals surface area contributed by atoms with Crippen molar-refractivity contribution in [2.45, 2.75) is 70.8 Å². The second kappa shape index (κ2) is 8.37. The van der Waals surface area contributed by atoms with E-state index in [1.54, 1.807) is 0 Å². The highest BCUT2D eigenvalue weighted by Crippen LogP contribution is 2.15. The van der Waals surface area contributed by atoms with E-state index >= 15 is 0 Å². The van der Waals surface area contributed by atoms with Gasteiger partial charge in [0.2, 0.25) is 0 Å². The monoisotopic (exact) mass is 224 g/mol. The van der Waals surface area contributed by atoms with Crippen molar-refractivity contribution in [2.75, 3.05) is 0 Å². The Morgan fingerprint density at radius 1 is 1.25 bits per heavy atom. The SMILES string of the molecule is CCCCCCCC/C=C\[C@H]1CCC(=O)O1. The van der Waals surface area contributed by atoms with Gasteiger partial charge in [-0.25, -0.2) is 0 Å². The molecule has 0 aliphatic carbocycles. The fraction of sp³-hybridized carbons (Fsp3) is 0.786. The van der Waals surface area contributed by atoms with Crippen LogP contribution >= 0.6 is 0 Å². The quantitative estimate of drug-likeness (QED) is 0.354. The summed E-state index contributed by atoms with van der Waals surface area (Å²) in [6.07, 6.45) is 14.9. The fourth-order valence-electron chi connectivity index (χ4n) is 1.97. The van der Waals surface area contributed by atoms with E-state index in [-0.39, 0.29) is 12.1 Å². The minimum atomic E-state index is -0.0470. The van der Waals surface area contributed by atoms with Crippen LogP contribution in [0.15, 0.2) is 12.2 Å². The maximum absolute atomic E-state index is 10.8. The van der Waals surface area contributed by atoms with Crippen molar-refractivity contribution >= 4 is 5.97 Å². The normalized spacial score (nSPS) is 20.6. The van der Waals surface area contributed by atoms with E-state index in [2.05, 4.69) is 19.1 Å². The van der Waals surface area contributed by atoms with Crippen molar-refractivity contribution in [1.29, 1.82) is 0 Å². The number of cyclic esters (lactones) is 1. The summed E-state index contributed by atoms with van der Waals surface area (Å²) in [5.41, 5.74) is 0. The summed E-state index contributed by atoms with van der Waals surface area (Å²) in [4.78, 5) is 10.8. The summed E-state index contributed by atoms with van der Waals surface area (Å²) in [7, 11) is 0. The molecule has 1 atom stereocenters. The number of rotatable bonds is 8. The number of hydrogen-bond acceptors (Lipinski definition) is 2. The van der Waals surface area contributed by atoms with E-state index in [4.69, 9.17) is 4.74 Å². The Kier molecular flexibility index (Phi) is 6.95. The first-order chi connectivity index (χ1) is 7.83. The van der Waals surface area contributed by atoms with Crippen LogP contribution < -0.4 is 0 Å². The summed E-state index contributed by atoms with van der Waals surface area (Å²) in [6.45, 7) is 2.24. The maximum Gasteiger partial charge on any atom is 0.306 e. The van der Waals surface area contributed by atoms with E-state index in [0.717, 1.165) is 12.8 Å². The third-order valence-electron chi connectivity index (χ3n) is 2.99. The van der Waals surface area contributed by atoms with E-state index in [1.165, 1.54) is 38.5 Å². The Bertz CT molecular complexity index is 221. The van der Waals surface area contributed by atoms with E-state index in [9.17, 15) is 4.79 Å². The molecule has 16 heavy (non-hydrogen) atoms. The molecule has 0 aromatic carbocycles. The molecule has 1 fully saturated rings. The average Bonchev–Trinajstić information content (AvgIpc) is 2.68. The molecule has 1 rings (SSSR count). The molecule has 92 valence electrons. The molecular weight excluding hydrogens is 200 g/mol. The van der Waals surface area contributed by atoms with Gasteiger partial charge in [0, 0.05) is 6.42 Å². The first kappa shape index (κ1) is 13.3. The number of carbonyl (C=O) groups excluding carboxylic acids is 1. The zero-order chi connectivity index (χ0) is 11.6. The molecule has 0 unspecified atom stereocenters. The Balaban J connectivity index is 1.90. The topological polar surface area (TPSA) is 26.3 Å². The van der Waals surface area contributed by atoms with Gasteiger partial charge in [-0.2, -0.15) is 0 Å². The van der Waals surface area contributed by atoms with Gasteiger partial charge in [-0.05, 0) is 25.3 Å². The Morgan fingerprint density at radius 3 is 2.69 bits per heavy atom. The molecule has 0 saturated carbocycles. The van der Waals surface area contributed by atoms with Crippen LogP contribution in [-0.4, -0.2) is 12.1 Å². The number of unbranched alkanes of at least 4 members (excludes halogenated alkanes) is 6. The molecule has 2 nitrogen and oxygen atoms in total. The zero-order valence-corrected chi connectivity index (χ0v) is 10.4. The van der Waals surface area contributed by atoms with Gasteiger partial charge < -0.3 is 4.74 Å². The number of hydrogen-bond donors (Lipinski definition) is 0. The number of allylic oxidation sites excluding steroid dienone is 1. The number of carbonyl (C=O) groups is 1. The van der Waals surface area contributed by atoms with Crippen molar-refractivity contribution in [1.82, 2.24) is 0 Å². The van der Waals surface area contributed by atoms with E-state index < -0.39 is 0 Å². The van der Waals surface area contributed by atoms with Gasteiger partial charge in [0.15, 0.2) is 0 Å². The van der Waals surface area contributed by atoms with Gasteiger partial charge in [-0.3, -0.25) is 4.79 Å². The summed E-state index contributed by atoms with van der Waals surface area (Å²) < 4.78 is 5.10. The standard InChI is InChI=1S/C14H24O2/c1-2-3-4-5-6-7-8-9-10-13-11-12-14(15)16-13/h9-10,13H,2-8,11-12H2,1H3/b10-9-/t13-/m0/s1. The lowest BCUT2D eigenvalue weighted by atomic mass is 10.1. The van der Waals surface area contributed by atoms with Gasteiger partial charge in [-0.15, -0.1) is 0 Å². The second-order valence-corrected chi connectivity index (χ2v) is 4.55. The molecule has 1 heterocycles. The third kappa shape index (κ3) is 5.94. The zero-order valence-electron chi connectivity index (χ0n) is 10.4. The van der Waals surface area contributed by atoms with Crippen LogP contribution in [0.3, 0.4) is 0 Å². The highest BCUT2D eigenvalue weighted by molar-refractivity contribution is 5.71. The summed E-state index contributed by atoms with van der Waals surface area (Å²) in [5.74, 6) is -0.0470. The van der Waals surface area contributed by atoms with Crippen LogP contribution in [0.4, 0.5) is 0 Å². The highest BCUT2D eigenvalue weighted by Gasteiger charge is 2.19. The molecule has 1 aliphatic heterocycles. The van der Waals surface area contributed by atoms with Crippen molar-refractivity contribution in [3.8, 4) is 0 Å². The molecule has 0 amide bonds. The minimum absolute atomic E-state index is 0.0470. The number of esters is 1. The predicted octanol–water partition coefficient (Wildman–Crippen LogP) is 4.00. The molecule has 2 heteroatoms. The summed E-state index contributed by atoms with van der Waals surface area (Å²) in [6, 6.07) is 0. The Morgan fingerprint density at radius 2 is 2.00 bits per heavy atom. The first-order valence-electron chi connectivity index (χ1n) is 6.69. The van der Waals surface area contributed by atoms with Crippen molar-refractivity contribution in [2.24, 2.45) is 0 Å². The van der Waals surface area contributed by atoms with Crippen molar-refractivity contribution in [3.05, 3.63) is 12.2 Å². The molecule has 0 N–H and O–H groups in total. The van der Waals surface area contributed by atoms with Crippen LogP contribution in [0.25, 0.3) is 0 Å². The van der Waals surface area contributed by atoms with Crippen LogP contribution in [-0.2, 0) is 9.53 Å². The highest BCUT2D eigenvalue weighted by atomic mass is 16.5. The van der Waals surface area contributed by atoms with Gasteiger partial charge in [-0.1, -0.05) is 45.1 Å². The second-order valence-electron chi connectivity index (χ2n) is 4.55. The Labute approximate surface area is 99.1 Å². The first-order valence-corrected chi connectivity index (χ1v) is 6.69. The largest absolute Gasteiger partial charge is 0.458 e. The predicted molar refractivity (Wildman–Crippen MR) is 66.2 cm³/mol. The van der Waals surface area contributed by atoms with Crippen molar-refractivity contribution < 1.29 is 9.53 Å². The smallest absolute Gasteiger partial charge is 0.306 e. The lowest BCUT2D eigenvalue weighted by Crippen LogP contribution is -2.01. The maximum atomic E-state index is 10.8. The fourth-order valence-corrected chi connectivity index (χ4v) is 1.97. The van der Waals surface area contributed by atoms with E-state index in [1.807, 2.05) is 0 Å². The van der Waals surface area contributed by atoms with Gasteiger partial charge in [0.05, 0.1) is 0 Å². The number of ether oxygens (including phenoxy) is 1. The molecule has 1 aliphatic rings. The molecular formula is C14H24O2. The molecule has 0 radical (unpaired) electrons. The molecule has 0 aromatic heterocycles. The van der Waals surface area contributed by atoms with E-state index in [0.29, 0.717) is 6.42 Å². The van der Waals surface area contributed by atoms with Gasteiger partial charge >= 0.3 is 5.97 Å².